The van der Waals surface area contributed by atoms with Crippen molar-refractivity contribution in [2.75, 3.05) is 0 Å². The molecule has 1 N–H and O–H groups in total. The Morgan fingerprint density at radius 1 is 1.21 bits per heavy atom. The van der Waals surface area contributed by atoms with Crippen molar-refractivity contribution in [2.24, 2.45) is 17.3 Å². The third-order valence-electron chi connectivity index (χ3n) is 6.86. The number of fused-ring (bicyclic) bond motifs is 4. The number of hydrogen-bond donors (Lipinski definition) is 1. The molecule has 4 aliphatic rings. The summed E-state index contributed by atoms with van der Waals surface area (Å²) in [6.07, 6.45) is 3.32. The Labute approximate surface area is 139 Å². The minimum atomic E-state index is -4.62. The summed E-state index contributed by atoms with van der Waals surface area (Å²) in [6, 6.07) is 0. The fraction of sp³-hybridized carbons (Fsp3) is 0.632. The van der Waals surface area contributed by atoms with E-state index in [4.69, 9.17) is 0 Å². The van der Waals surface area contributed by atoms with E-state index in [0.717, 1.165) is 29.6 Å². The van der Waals surface area contributed by atoms with Crippen LogP contribution in [0.25, 0.3) is 0 Å². The second-order valence-corrected chi connectivity index (χ2v) is 7.83. The standard InChI is InChI=1S/C19H21F3O2/c1-17-8-6-14-13-5-3-12(23)10-11(13)2-4-15(14)16(17)7-9-18(17,24)19(20,21)22/h6,8,10,15-16,24H,2-5,7,9H2,1H3/t15-,16+,17+,18+/m1/s1. The van der Waals surface area contributed by atoms with Crippen molar-refractivity contribution in [3.63, 3.8) is 0 Å². The molecule has 130 valence electrons. The number of rotatable bonds is 0. The molecule has 0 radical (unpaired) electrons. The normalized spacial score (nSPS) is 41.7. The summed E-state index contributed by atoms with van der Waals surface area (Å²) in [5, 5.41) is 10.5. The van der Waals surface area contributed by atoms with Gasteiger partial charge in [-0.1, -0.05) is 19.1 Å². The molecule has 0 amide bonds. The summed E-state index contributed by atoms with van der Waals surface area (Å²) in [6.45, 7) is 1.56. The predicted octanol–water partition coefficient (Wildman–Crippen LogP) is 4.26. The second-order valence-electron chi connectivity index (χ2n) is 7.83. The van der Waals surface area contributed by atoms with Crippen molar-refractivity contribution in [2.45, 2.75) is 57.2 Å². The molecular weight excluding hydrogens is 317 g/mol. The Balaban J connectivity index is 1.82. The molecule has 24 heavy (non-hydrogen) atoms. The maximum absolute atomic E-state index is 13.6. The maximum atomic E-state index is 13.6. The van der Waals surface area contributed by atoms with Crippen molar-refractivity contribution < 1.29 is 23.1 Å². The number of carbonyl (C=O) groups is 1. The van der Waals surface area contributed by atoms with Crippen LogP contribution in [-0.4, -0.2) is 22.7 Å². The molecule has 0 aromatic heterocycles. The van der Waals surface area contributed by atoms with E-state index < -0.39 is 17.2 Å². The van der Waals surface area contributed by atoms with Gasteiger partial charge in [0.05, 0.1) is 0 Å². The largest absolute Gasteiger partial charge is 0.418 e. The topological polar surface area (TPSA) is 37.3 Å². The fourth-order valence-electron chi connectivity index (χ4n) is 5.48. The third kappa shape index (κ3) is 1.91. The molecular formula is C19H21F3O2. The summed E-state index contributed by atoms with van der Waals surface area (Å²) in [7, 11) is 0. The summed E-state index contributed by atoms with van der Waals surface area (Å²) >= 11 is 0. The predicted molar refractivity (Wildman–Crippen MR) is 83.0 cm³/mol. The van der Waals surface area contributed by atoms with Crippen LogP contribution in [0.2, 0.25) is 0 Å². The van der Waals surface area contributed by atoms with Crippen molar-refractivity contribution in [3.8, 4) is 0 Å². The van der Waals surface area contributed by atoms with Crippen LogP contribution in [0, 0.1) is 17.3 Å². The maximum Gasteiger partial charge on any atom is 0.418 e. The molecule has 0 aromatic rings. The fourth-order valence-corrected chi connectivity index (χ4v) is 5.48. The lowest BCUT2D eigenvalue weighted by molar-refractivity contribution is -0.287. The van der Waals surface area contributed by atoms with Crippen LogP contribution in [-0.2, 0) is 4.79 Å². The van der Waals surface area contributed by atoms with E-state index in [1.807, 2.05) is 0 Å². The van der Waals surface area contributed by atoms with E-state index in [2.05, 4.69) is 0 Å². The Bertz CT molecular complexity index is 700. The van der Waals surface area contributed by atoms with Crippen LogP contribution < -0.4 is 0 Å². The summed E-state index contributed by atoms with van der Waals surface area (Å²) in [5.41, 5.74) is -0.586. The molecule has 0 heterocycles. The lowest BCUT2D eigenvalue weighted by Gasteiger charge is -2.48. The Morgan fingerprint density at radius 3 is 2.67 bits per heavy atom. The van der Waals surface area contributed by atoms with Gasteiger partial charge < -0.3 is 5.11 Å². The first-order valence-corrected chi connectivity index (χ1v) is 8.62. The average molecular weight is 338 g/mol. The second kappa shape index (κ2) is 4.84. The van der Waals surface area contributed by atoms with Crippen LogP contribution in [0.15, 0.2) is 34.9 Å². The number of aliphatic hydroxyl groups is 1. The van der Waals surface area contributed by atoms with Gasteiger partial charge in [0.25, 0.3) is 0 Å². The highest BCUT2D eigenvalue weighted by Crippen LogP contribution is 2.64. The highest BCUT2D eigenvalue weighted by molar-refractivity contribution is 5.93. The summed E-state index contributed by atoms with van der Waals surface area (Å²) < 4.78 is 40.7. The van der Waals surface area contributed by atoms with Crippen molar-refractivity contribution in [3.05, 3.63) is 34.9 Å². The van der Waals surface area contributed by atoms with Crippen LogP contribution >= 0.6 is 0 Å². The quantitative estimate of drug-likeness (QED) is 0.716. The average Bonchev–Trinajstić information content (AvgIpc) is 2.79. The molecule has 0 unspecified atom stereocenters. The number of allylic oxidation sites excluding steroid dienone is 5. The zero-order valence-corrected chi connectivity index (χ0v) is 13.6. The molecule has 0 bridgehead atoms. The first-order chi connectivity index (χ1) is 11.2. The molecule has 4 aliphatic carbocycles. The third-order valence-corrected chi connectivity index (χ3v) is 6.86. The van der Waals surface area contributed by atoms with E-state index in [1.165, 1.54) is 0 Å². The van der Waals surface area contributed by atoms with Crippen molar-refractivity contribution in [1.29, 1.82) is 0 Å². The van der Waals surface area contributed by atoms with E-state index in [-0.39, 0.29) is 24.0 Å². The van der Waals surface area contributed by atoms with E-state index in [0.29, 0.717) is 19.3 Å². The molecule has 0 spiro atoms. The van der Waals surface area contributed by atoms with Gasteiger partial charge in [0.2, 0.25) is 0 Å². The highest BCUT2D eigenvalue weighted by Gasteiger charge is 2.70. The van der Waals surface area contributed by atoms with E-state index in [9.17, 15) is 23.1 Å². The Morgan fingerprint density at radius 2 is 1.96 bits per heavy atom. The molecule has 0 aromatic carbocycles. The van der Waals surface area contributed by atoms with Gasteiger partial charge in [-0.3, -0.25) is 4.79 Å². The SMILES string of the molecule is C[C@]12C=CC3=C4CCC(=O)C=C4CC[C@H]3[C@@H]1CC[C@@]2(O)C(F)(F)F. The highest BCUT2D eigenvalue weighted by atomic mass is 19.4. The van der Waals surface area contributed by atoms with Crippen molar-refractivity contribution in [1.82, 2.24) is 0 Å². The van der Waals surface area contributed by atoms with E-state index >= 15 is 0 Å². The zero-order valence-electron chi connectivity index (χ0n) is 13.6. The van der Waals surface area contributed by atoms with Gasteiger partial charge in [0.15, 0.2) is 11.4 Å². The van der Waals surface area contributed by atoms with Crippen LogP contribution in [0.3, 0.4) is 0 Å². The monoisotopic (exact) mass is 338 g/mol. The lowest BCUT2D eigenvalue weighted by Crippen LogP contribution is -2.56. The van der Waals surface area contributed by atoms with Gasteiger partial charge in [-0.15, -0.1) is 0 Å². The number of hydrogen-bond acceptors (Lipinski definition) is 2. The number of carbonyl (C=O) groups excluding carboxylic acids is 1. The molecule has 0 aliphatic heterocycles. The van der Waals surface area contributed by atoms with Crippen LogP contribution in [0.4, 0.5) is 13.2 Å². The number of ketones is 1. The van der Waals surface area contributed by atoms with E-state index in [1.54, 1.807) is 25.2 Å². The molecule has 1 fully saturated rings. The van der Waals surface area contributed by atoms with Crippen LogP contribution in [0.5, 0.6) is 0 Å². The first-order valence-electron chi connectivity index (χ1n) is 8.62. The number of alkyl halides is 3. The van der Waals surface area contributed by atoms with Gasteiger partial charge in [0.1, 0.15) is 0 Å². The summed E-state index contributed by atoms with van der Waals surface area (Å²) in [5.74, 6) is -0.00253. The molecule has 4 rings (SSSR count). The van der Waals surface area contributed by atoms with Gasteiger partial charge in [0, 0.05) is 11.8 Å². The smallest absolute Gasteiger partial charge is 0.380 e. The zero-order chi connectivity index (χ0) is 17.3. The Hall–Kier alpha value is -1.36. The molecule has 5 heteroatoms. The first kappa shape index (κ1) is 16.1. The molecule has 1 saturated carbocycles. The molecule has 4 atom stereocenters. The molecule has 0 saturated heterocycles. The summed E-state index contributed by atoms with van der Waals surface area (Å²) in [4.78, 5) is 11.6. The van der Waals surface area contributed by atoms with Crippen LogP contribution in [0.1, 0.15) is 45.4 Å². The molecule has 2 nitrogen and oxygen atoms in total. The minimum Gasteiger partial charge on any atom is -0.380 e. The number of halogens is 3. The lowest BCUT2D eigenvalue weighted by atomic mass is 9.58. The minimum absolute atomic E-state index is 0.0525. The van der Waals surface area contributed by atoms with Crippen molar-refractivity contribution >= 4 is 5.78 Å². The van der Waals surface area contributed by atoms with Gasteiger partial charge in [-0.25, -0.2) is 0 Å². The van der Waals surface area contributed by atoms with Gasteiger partial charge in [-0.05, 0) is 66.7 Å². The van der Waals surface area contributed by atoms with Gasteiger partial charge >= 0.3 is 6.18 Å². The van der Waals surface area contributed by atoms with Gasteiger partial charge in [-0.2, -0.15) is 13.2 Å². The Kier molecular flexibility index (Phi) is 3.25.